The highest BCUT2D eigenvalue weighted by atomic mass is 16.5. The molecule has 0 saturated carbocycles. The Labute approximate surface area is 153 Å². The zero-order chi connectivity index (χ0) is 18.7. The van der Waals surface area contributed by atoms with Gasteiger partial charge >= 0.3 is 6.03 Å². The molecule has 0 spiro atoms. The van der Waals surface area contributed by atoms with Gasteiger partial charge in [-0.2, -0.15) is 0 Å². The Morgan fingerprint density at radius 2 is 2.15 bits per heavy atom. The van der Waals surface area contributed by atoms with Gasteiger partial charge in [-0.1, -0.05) is 19.0 Å². The van der Waals surface area contributed by atoms with Crippen molar-refractivity contribution in [3.8, 4) is 0 Å². The molecule has 1 saturated heterocycles. The van der Waals surface area contributed by atoms with Gasteiger partial charge in [0.25, 0.3) is 0 Å². The van der Waals surface area contributed by atoms with Gasteiger partial charge in [-0.15, -0.1) is 0 Å². The first-order valence-corrected chi connectivity index (χ1v) is 9.09. The Kier molecular flexibility index (Phi) is 5.61. The summed E-state index contributed by atoms with van der Waals surface area (Å²) in [6, 6.07) is 1.77. The second kappa shape index (κ2) is 7.90. The van der Waals surface area contributed by atoms with Crippen molar-refractivity contribution in [3.63, 3.8) is 0 Å². The van der Waals surface area contributed by atoms with Crippen LogP contribution in [0.3, 0.4) is 0 Å². The third-order valence-corrected chi connectivity index (χ3v) is 4.96. The Hall–Kier alpha value is -2.35. The Bertz CT molecular complexity index is 731. The van der Waals surface area contributed by atoms with Gasteiger partial charge in [0.05, 0.1) is 6.54 Å². The number of nitrogens with one attached hydrogen (secondary N) is 1. The topological polar surface area (TPSA) is 96.4 Å². The molecule has 1 atom stereocenters. The normalized spacial score (nSPS) is 16.9. The van der Waals surface area contributed by atoms with Crippen LogP contribution in [0.1, 0.15) is 56.0 Å². The Morgan fingerprint density at radius 3 is 2.73 bits per heavy atom. The molecule has 8 nitrogen and oxygen atoms in total. The fourth-order valence-electron chi connectivity index (χ4n) is 3.25. The number of nitrogens with zero attached hydrogens (tertiary/aromatic N) is 4. The van der Waals surface area contributed by atoms with Crippen molar-refractivity contribution in [2.45, 2.75) is 45.3 Å². The quantitative estimate of drug-likeness (QED) is 0.851. The van der Waals surface area contributed by atoms with Crippen LogP contribution in [0.5, 0.6) is 0 Å². The maximum absolute atomic E-state index is 12.3. The van der Waals surface area contributed by atoms with Crippen LogP contribution in [0.4, 0.5) is 4.79 Å². The lowest BCUT2D eigenvalue weighted by Gasteiger charge is -2.33. The predicted molar refractivity (Wildman–Crippen MR) is 95.3 cm³/mol. The summed E-state index contributed by atoms with van der Waals surface area (Å²) in [5, 5.41) is 17.4. The number of rotatable bonds is 5. The summed E-state index contributed by atoms with van der Waals surface area (Å²) in [5.74, 6) is 1.89. The second-order valence-electron chi connectivity index (χ2n) is 7.20. The van der Waals surface area contributed by atoms with E-state index in [1.165, 1.54) is 0 Å². The smallest absolute Gasteiger partial charge is 0.317 e. The third-order valence-electron chi connectivity index (χ3n) is 4.96. The number of hydrogen-bond acceptors (Lipinski definition) is 5. The largest absolute Gasteiger partial charge is 0.385 e. The SMILES string of the molecule is CC(C)c1cc(CNC(=O)N2CCC([C@@H](O)c3nccn3C)CC2)no1. The molecule has 3 rings (SSSR count). The van der Waals surface area contributed by atoms with Gasteiger partial charge in [-0.3, -0.25) is 0 Å². The average Bonchev–Trinajstić information content (AvgIpc) is 3.28. The summed E-state index contributed by atoms with van der Waals surface area (Å²) >= 11 is 0. The lowest BCUT2D eigenvalue weighted by Crippen LogP contribution is -2.45. The molecule has 2 N–H and O–H groups in total. The molecule has 0 bridgehead atoms. The van der Waals surface area contributed by atoms with Crippen LogP contribution in [0, 0.1) is 5.92 Å². The summed E-state index contributed by atoms with van der Waals surface area (Å²) < 4.78 is 7.08. The van der Waals surface area contributed by atoms with E-state index in [0.717, 1.165) is 24.3 Å². The highest BCUT2D eigenvalue weighted by Gasteiger charge is 2.30. The minimum absolute atomic E-state index is 0.107. The van der Waals surface area contributed by atoms with E-state index in [1.54, 1.807) is 11.1 Å². The van der Waals surface area contributed by atoms with Gasteiger partial charge in [0, 0.05) is 44.5 Å². The van der Waals surface area contributed by atoms with Gasteiger partial charge in [0.2, 0.25) is 0 Å². The summed E-state index contributed by atoms with van der Waals surface area (Å²) in [7, 11) is 1.88. The summed E-state index contributed by atoms with van der Waals surface area (Å²) in [6.45, 7) is 5.66. The molecule has 0 radical (unpaired) electrons. The van der Waals surface area contributed by atoms with Crippen molar-refractivity contribution in [1.82, 2.24) is 24.9 Å². The van der Waals surface area contributed by atoms with Crippen LogP contribution in [0.15, 0.2) is 23.0 Å². The standard InChI is InChI=1S/C18H27N5O3/c1-12(2)15-10-14(21-26-15)11-20-18(25)23-7-4-13(5-8-23)16(24)17-19-6-9-22(17)3/h6,9-10,12-13,16,24H,4-5,7-8,11H2,1-3H3,(H,20,25)/t16-/m1/s1. The van der Waals surface area contributed by atoms with Gasteiger partial charge in [-0.25, -0.2) is 9.78 Å². The number of carbonyl (C=O) groups is 1. The van der Waals surface area contributed by atoms with E-state index in [0.29, 0.717) is 25.5 Å². The minimum atomic E-state index is -0.593. The maximum Gasteiger partial charge on any atom is 0.317 e. The highest BCUT2D eigenvalue weighted by Crippen LogP contribution is 2.29. The van der Waals surface area contributed by atoms with Crippen LogP contribution >= 0.6 is 0 Å². The molecular formula is C18H27N5O3. The zero-order valence-electron chi connectivity index (χ0n) is 15.6. The molecule has 8 heteroatoms. The molecule has 2 aromatic rings. The van der Waals surface area contributed by atoms with Gasteiger partial charge in [0.15, 0.2) is 0 Å². The zero-order valence-corrected chi connectivity index (χ0v) is 15.6. The van der Waals surface area contributed by atoms with Crippen molar-refractivity contribution < 1.29 is 14.4 Å². The number of likely N-dealkylation sites (tertiary alicyclic amines) is 1. The number of aromatic nitrogens is 3. The van der Waals surface area contributed by atoms with Crippen LogP contribution < -0.4 is 5.32 Å². The van der Waals surface area contributed by atoms with Gasteiger partial charge in [-0.05, 0) is 18.8 Å². The molecule has 3 heterocycles. The van der Waals surface area contributed by atoms with Gasteiger partial charge < -0.3 is 24.4 Å². The number of urea groups is 1. The molecule has 0 aromatic carbocycles. The second-order valence-corrected chi connectivity index (χ2v) is 7.20. The van der Waals surface area contributed by atoms with Crippen molar-refractivity contribution in [2.24, 2.45) is 13.0 Å². The summed E-state index contributed by atoms with van der Waals surface area (Å²) in [5.41, 5.74) is 0.724. The minimum Gasteiger partial charge on any atom is -0.385 e. The number of carbonyl (C=O) groups excluding carboxylic acids is 1. The number of hydrogen-bond donors (Lipinski definition) is 2. The van der Waals surface area contributed by atoms with E-state index >= 15 is 0 Å². The van der Waals surface area contributed by atoms with Crippen molar-refractivity contribution in [2.75, 3.05) is 13.1 Å². The molecule has 2 aromatic heterocycles. The van der Waals surface area contributed by atoms with Crippen LogP contribution in [-0.2, 0) is 13.6 Å². The lowest BCUT2D eigenvalue weighted by atomic mass is 9.91. The molecule has 0 unspecified atom stereocenters. The molecule has 1 aliphatic heterocycles. The molecule has 1 aliphatic rings. The Morgan fingerprint density at radius 1 is 1.42 bits per heavy atom. The lowest BCUT2D eigenvalue weighted by molar-refractivity contribution is 0.0584. The average molecular weight is 361 g/mol. The van der Waals surface area contributed by atoms with Crippen LogP contribution in [0.25, 0.3) is 0 Å². The highest BCUT2D eigenvalue weighted by molar-refractivity contribution is 5.74. The van der Waals surface area contributed by atoms with Crippen LogP contribution in [0.2, 0.25) is 0 Å². The number of aryl methyl sites for hydroxylation is 1. The summed E-state index contributed by atoms with van der Waals surface area (Å²) in [4.78, 5) is 18.4. The summed E-state index contributed by atoms with van der Waals surface area (Å²) in [6.07, 6.45) is 4.43. The first-order valence-electron chi connectivity index (χ1n) is 9.09. The number of piperidine rings is 1. The van der Waals surface area contributed by atoms with E-state index in [2.05, 4.69) is 15.5 Å². The monoisotopic (exact) mass is 361 g/mol. The van der Waals surface area contributed by atoms with E-state index in [4.69, 9.17) is 4.52 Å². The van der Waals surface area contributed by atoms with Crippen molar-refractivity contribution in [1.29, 1.82) is 0 Å². The molecule has 2 amide bonds. The van der Waals surface area contributed by atoms with Gasteiger partial charge in [0.1, 0.15) is 23.4 Å². The fourth-order valence-corrected chi connectivity index (χ4v) is 3.25. The van der Waals surface area contributed by atoms with E-state index < -0.39 is 6.10 Å². The first kappa shape index (κ1) is 18.4. The molecule has 26 heavy (non-hydrogen) atoms. The number of aliphatic hydroxyl groups is 1. The van der Waals surface area contributed by atoms with E-state index in [-0.39, 0.29) is 17.9 Å². The molecule has 142 valence electrons. The number of amides is 2. The number of aliphatic hydroxyl groups excluding tert-OH is 1. The molecule has 1 fully saturated rings. The van der Waals surface area contributed by atoms with E-state index in [1.807, 2.05) is 37.7 Å². The van der Waals surface area contributed by atoms with Crippen LogP contribution in [-0.4, -0.2) is 43.8 Å². The Balaban J connectivity index is 1.46. The predicted octanol–water partition coefficient (Wildman–Crippen LogP) is 2.19. The number of imidazole rings is 1. The fraction of sp³-hybridized carbons (Fsp3) is 0.611. The van der Waals surface area contributed by atoms with Crippen molar-refractivity contribution in [3.05, 3.63) is 35.7 Å². The third kappa shape index (κ3) is 4.07. The van der Waals surface area contributed by atoms with E-state index in [9.17, 15) is 9.90 Å². The molecular weight excluding hydrogens is 334 g/mol. The molecule has 0 aliphatic carbocycles. The maximum atomic E-state index is 12.3. The first-order chi connectivity index (χ1) is 12.5. The van der Waals surface area contributed by atoms with Crippen molar-refractivity contribution >= 4 is 6.03 Å².